The average Bonchev–Trinajstić information content (AvgIpc) is 2.23. The molecule has 1 N–H and O–H groups in total. The van der Waals surface area contributed by atoms with Crippen LogP contribution in [0.5, 0.6) is 0 Å². The lowest BCUT2D eigenvalue weighted by Gasteiger charge is -2.33. The van der Waals surface area contributed by atoms with Crippen molar-refractivity contribution in [2.45, 2.75) is 39.4 Å². The summed E-state index contributed by atoms with van der Waals surface area (Å²) in [6.07, 6.45) is -1.30. The number of hydrogen-bond donors (Lipinski definition) is 1. The minimum absolute atomic E-state index is 0.0272. The fourth-order valence-electron chi connectivity index (χ4n) is 2.13. The summed E-state index contributed by atoms with van der Waals surface area (Å²) < 4.78 is 31.8. The van der Waals surface area contributed by atoms with E-state index >= 15 is 0 Å². The van der Waals surface area contributed by atoms with Gasteiger partial charge in [-0.15, -0.1) is 0 Å². The van der Waals surface area contributed by atoms with Crippen LogP contribution in [0.2, 0.25) is 0 Å². The molecule has 2 atom stereocenters. The maximum Gasteiger partial charge on any atom is 0.162 e. The summed E-state index contributed by atoms with van der Waals surface area (Å²) in [6.45, 7) is 5.77. The van der Waals surface area contributed by atoms with Crippen LogP contribution in [0.15, 0.2) is 18.2 Å². The molecular weight excluding hydrogens is 238 g/mol. The summed E-state index contributed by atoms with van der Waals surface area (Å²) in [5.41, 5.74) is -0.119. The molecule has 4 heteroatoms. The molecule has 0 heterocycles. The van der Waals surface area contributed by atoms with Crippen LogP contribution in [-0.2, 0) is 11.2 Å². The van der Waals surface area contributed by atoms with Gasteiger partial charge >= 0.3 is 0 Å². The van der Waals surface area contributed by atoms with Crippen LogP contribution in [0.4, 0.5) is 8.78 Å². The number of aliphatic hydroxyl groups excluding tert-OH is 1. The van der Waals surface area contributed by atoms with Gasteiger partial charge in [0.05, 0.1) is 12.2 Å². The van der Waals surface area contributed by atoms with Crippen molar-refractivity contribution in [2.75, 3.05) is 7.11 Å². The highest BCUT2D eigenvalue weighted by atomic mass is 19.2. The Hall–Kier alpha value is -1.00. The van der Waals surface area contributed by atoms with Crippen molar-refractivity contribution >= 4 is 0 Å². The molecular formula is C14H20F2O2. The van der Waals surface area contributed by atoms with E-state index in [0.29, 0.717) is 0 Å². The van der Waals surface area contributed by atoms with E-state index in [4.69, 9.17) is 4.74 Å². The lowest BCUT2D eigenvalue weighted by Crippen LogP contribution is -2.40. The summed E-state index contributed by atoms with van der Waals surface area (Å²) in [5, 5.41) is 10.1. The van der Waals surface area contributed by atoms with Crippen LogP contribution >= 0.6 is 0 Å². The molecule has 2 nitrogen and oxygen atoms in total. The largest absolute Gasteiger partial charge is 0.390 e. The van der Waals surface area contributed by atoms with Gasteiger partial charge in [0.1, 0.15) is 0 Å². The molecule has 0 saturated heterocycles. The molecule has 0 aliphatic heterocycles. The van der Waals surface area contributed by atoms with Crippen LogP contribution in [-0.4, -0.2) is 24.4 Å². The van der Waals surface area contributed by atoms with Gasteiger partial charge in [0, 0.05) is 13.5 Å². The van der Waals surface area contributed by atoms with Gasteiger partial charge in [-0.1, -0.05) is 32.9 Å². The maximum atomic E-state index is 13.5. The molecule has 1 rings (SSSR count). The van der Waals surface area contributed by atoms with E-state index in [0.717, 1.165) is 6.07 Å². The number of rotatable bonds is 4. The Morgan fingerprint density at radius 1 is 1.28 bits per heavy atom. The van der Waals surface area contributed by atoms with Gasteiger partial charge < -0.3 is 9.84 Å². The Balaban J connectivity index is 2.87. The van der Waals surface area contributed by atoms with Gasteiger partial charge in [-0.05, 0) is 17.0 Å². The predicted octanol–water partition coefficient (Wildman–Crippen LogP) is 2.93. The Bertz CT molecular complexity index is 399. The number of methoxy groups -OCH3 is 1. The topological polar surface area (TPSA) is 29.5 Å². The highest BCUT2D eigenvalue weighted by molar-refractivity contribution is 5.20. The molecule has 1 aromatic carbocycles. The molecule has 102 valence electrons. The normalized spacial score (nSPS) is 15.5. The quantitative estimate of drug-likeness (QED) is 0.899. The first-order chi connectivity index (χ1) is 8.27. The number of aliphatic hydroxyl groups is 1. The van der Waals surface area contributed by atoms with Crippen molar-refractivity contribution in [2.24, 2.45) is 5.41 Å². The van der Waals surface area contributed by atoms with E-state index in [2.05, 4.69) is 0 Å². The molecule has 0 saturated carbocycles. The number of benzene rings is 1. The summed E-state index contributed by atoms with van der Waals surface area (Å²) in [5.74, 6) is -1.80. The Morgan fingerprint density at radius 3 is 2.39 bits per heavy atom. The third kappa shape index (κ3) is 3.50. The van der Waals surface area contributed by atoms with Crippen molar-refractivity contribution in [1.29, 1.82) is 0 Å². The summed E-state index contributed by atoms with van der Waals surface area (Å²) in [6, 6.07) is 3.96. The molecule has 0 bridgehead atoms. The second-order valence-electron chi connectivity index (χ2n) is 5.51. The standard InChI is InChI=1S/C14H20F2O2/c1-14(2,3)13(18-4)11(17)8-9-6-5-7-10(15)12(9)16/h5-7,11,13,17H,8H2,1-4H3. The zero-order valence-corrected chi connectivity index (χ0v) is 11.2. The summed E-state index contributed by atoms with van der Waals surface area (Å²) in [7, 11) is 1.50. The fraction of sp³-hybridized carbons (Fsp3) is 0.571. The Kier molecular flexibility index (Phi) is 4.82. The Labute approximate surface area is 107 Å². The lowest BCUT2D eigenvalue weighted by molar-refractivity contribution is -0.0701. The monoisotopic (exact) mass is 258 g/mol. The number of hydrogen-bond acceptors (Lipinski definition) is 2. The molecule has 0 amide bonds. The van der Waals surface area contributed by atoms with Crippen molar-refractivity contribution in [1.82, 2.24) is 0 Å². The highest BCUT2D eigenvalue weighted by Crippen LogP contribution is 2.26. The maximum absolute atomic E-state index is 13.5. The van der Waals surface area contributed by atoms with Crippen molar-refractivity contribution in [3.63, 3.8) is 0 Å². The van der Waals surface area contributed by atoms with E-state index in [1.807, 2.05) is 20.8 Å². The average molecular weight is 258 g/mol. The second-order valence-corrected chi connectivity index (χ2v) is 5.51. The van der Waals surface area contributed by atoms with Crippen LogP contribution in [0.3, 0.4) is 0 Å². The third-order valence-electron chi connectivity index (χ3n) is 2.92. The van der Waals surface area contributed by atoms with Crippen LogP contribution in [0.1, 0.15) is 26.3 Å². The molecule has 0 fully saturated rings. The SMILES string of the molecule is COC(C(O)Cc1cccc(F)c1F)C(C)(C)C. The zero-order chi connectivity index (χ0) is 13.9. The number of halogens is 2. The third-order valence-corrected chi connectivity index (χ3v) is 2.92. The van der Waals surface area contributed by atoms with Gasteiger partial charge in [-0.3, -0.25) is 0 Å². The molecule has 18 heavy (non-hydrogen) atoms. The van der Waals surface area contributed by atoms with Gasteiger partial charge in [0.2, 0.25) is 0 Å². The van der Waals surface area contributed by atoms with Gasteiger partial charge in [-0.2, -0.15) is 0 Å². The van der Waals surface area contributed by atoms with E-state index in [-0.39, 0.29) is 17.4 Å². The second kappa shape index (κ2) is 5.76. The zero-order valence-electron chi connectivity index (χ0n) is 11.2. The van der Waals surface area contributed by atoms with Crippen molar-refractivity contribution < 1.29 is 18.6 Å². The van der Waals surface area contributed by atoms with E-state index in [1.165, 1.54) is 19.2 Å². The van der Waals surface area contributed by atoms with Gasteiger partial charge in [0.25, 0.3) is 0 Å². The van der Waals surface area contributed by atoms with Crippen molar-refractivity contribution in [3.05, 3.63) is 35.4 Å². The van der Waals surface area contributed by atoms with Crippen LogP contribution < -0.4 is 0 Å². The van der Waals surface area contributed by atoms with Crippen LogP contribution in [0, 0.1) is 17.0 Å². The summed E-state index contributed by atoms with van der Waals surface area (Å²) in [4.78, 5) is 0. The molecule has 0 radical (unpaired) electrons. The smallest absolute Gasteiger partial charge is 0.162 e. The molecule has 0 aliphatic rings. The van der Waals surface area contributed by atoms with Crippen LogP contribution in [0.25, 0.3) is 0 Å². The highest BCUT2D eigenvalue weighted by Gasteiger charge is 2.31. The van der Waals surface area contributed by atoms with E-state index < -0.39 is 23.8 Å². The van der Waals surface area contributed by atoms with Crippen molar-refractivity contribution in [3.8, 4) is 0 Å². The lowest BCUT2D eigenvalue weighted by atomic mass is 9.83. The Morgan fingerprint density at radius 2 is 1.89 bits per heavy atom. The first-order valence-electron chi connectivity index (χ1n) is 5.91. The number of ether oxygens (including phenoxy) is 1. The van der Waals surface area contributed by atoms with Gasteiger partial charge in [-0.25, -0.2) is 8.78 Å². The summed E-state index contributed by atoms with van der Waals surface area (Å²) >= 11 is 0. The first-order valence-corrected chi connectivity index (χ1v) is 5.91. The molecule has 0 aliphatic carbocycles. The minimum Gasteiger partial charge on any atom is -0.390 e. The molecule has 2 unspecified atom stereocenters. The first kappa shape index (κ1) is 15.1. The molecule has 1 aromatic rings. The van der Waals surface area contributed by atoms with E-state index in [1.54, 1.807) is 0 Å². The van der Waals surface area contributed by atoms with E-state index in [9.17, 15) is 13.9 Å². The van der Waals surface area contributed by atoms with Gasteiger partial charge in [0.15, 0.2) is 11.6 Å². The fourth-order valence-corrected chi connectivity index (χ4v) is 2.13. The minimum atomic E-state index is -0.902. The molecule has 0 aromatic heterocycles. The molecule has 0 spiro atoms. The predicted molar refractivity (Wildman–Crippen MR) is 66.3 cm³/mol.